The normalized spacial score (nSPS) is 32.2. The molecule has 2 heterocycles. The molecule has 2 fully saturated rings. The van der Waals surface area contributed by atoms with Gasteiger partial charge in [0.1, 0.15) is 0 Å². The Morgan fingerprint density at radius 2 is 2.00 bits per heavy atom. The molecule has 0 saturated carbocycles. The summed E-state index contributed by atoms with van der Waals surface area (Å²) in [6.45, 7) is 2.46. The van der Waals surface area contributed by atoms with Crippen molar-refractivity contribution in [2.75, 3.05) is 33.2 Å². The van der Waals surface area contributed by atoms with E-state index in [1.165, 1.54) is 0 Å². The first-order valence-corrected chi connectivity index (χ1v) is 4.37. The van der Waals surface area contributed by atoms with E-state index in [2.05, 4.69) is 4.90 Å². The minimum atomic E-state index is -2.42. The highest BCUT2D eigenvalue weighted by atomic mass is 19.3. The SMILES string of the molecule is CN1CC(N2CCC(F)(F)C2)C1. The molecule has 0 bridgehead atoms. The Morgan fingerprint density at radius 1 is 1.33 bits per heavy atom. The summed E-state index contributed by atoms with van der Waals surface area (Å²) in [4.78, 5) is 4.07. The Balaban J connectivity index is 1.84. The number of likely N-dealkylation sites (N-methyl/N-ethyl adjacent to an activating group) is 1. The Hall–Kier alpha value is -0.220. The molecule has 70 valence electrons. The third-order valence-electron chi connectivity index (χ3n) is 2.76. The van der Waals surface area contributed by atoms with E-state index < -0.39 is 5.92 Å². The number of halogens is 2. The number of nitrogens with zero attached hydrogens (tertiary/aromatic N) is 2. The van der Waals surface area contributed by atoms with Crippen molar-refractivity contribution in [2.45, 2.75) is 18.4 Å². The smallest absolute Gasteiger partial charge is 0.261 e. The van der Waals surface area contributed by atoms with Gasteiger partial charge in [0.05, 0.1) is 6.54 Å². The molecule has 4 heteroatoms. The molecule has 0 aromatic heterocycles. The molecule has 2 aliphatic rings. The van der Waals surface area contributed by atoms with Gasteiger partial charge in [0.15, 0.2) is 0 Å². The predicted octanol–water partition coefficient (Wildman–Crippen LogP) is 0.641. The first-order valence-electron chi connectivity index (χ1n) is 4.37. The van der Waals surface area contributed by atoms with Crippen LogP contribution >= 0.6 is 0 Å². The van der Waals surface area contributed by atoms with Crippen LogP contribution in [-0.4, -0.2) is 55.0 Å². The van der Waals surface area contributed by atoms with Gasteiger partial charge in [-0.1, -0.05) is 0 Å². The van der Waals surface area contributed by atoms with Crippen LogP contribution in [0.4, 0.5) is 8.78 Å². The number of hydrogen-bond donors (Lipinski definition) is 0. The third kappa shape index (κ3) is 1.45. The molecular formula is C8H14F2N2. The Bertz CT molecular complexity index is 178. The maximum Gasteiger partial charge on any atom is 0.261 e. The molecule has 0 aromatic carbocycles. The van der Waals surface area contributed by atoms with Crippen molar-refractivity contribution < 1.29 is 8.78 Å². The van der Waals surface area contributed by atoms with Crippen LogP contribution < -0.4 is 0 Å². The van der Waals surface area contributed by atoms with Gasteiger partial charge in [-0.25, -0.2) is 8.78 Å². The Kier molecular flexibility index (Phi) is 1.84. The standard InChI is InChI=1S/C8H14F2N2/c1-11-4-7(5-11)12-3-2-8(9,10)6-12/h7H,2-6H2,1H3. The fourth-order valence-corrected chi connectivity index (χ4v) is 1.97. The van der Waals surface area contributed by atoms with Gasteiger partial charge < -0.3 is 4.90 Å². The minimum absolute atomic E-state index is 0.0223. The van der Waals surface area contributed by atoms with Crippen molar-refractivity contribution in [1.29, 1.82) is 0 Å². The van der Waals surface area contributed by atoms with Crippen LogP contribution in [0.2, 0.25) is 0 Å². The van der Waals surface area contributed by atoms with E-state index in [4.69, 9.17) is 0 Å². The van der Waals surface area contributed by atoms with Crippen molar-refractivity contribution in [2.24, 2.45) is 0 Å². The van der Waals surface area contributed by atoms with Crippen molar-refractivity contribution in [3.63, 3.8) is 0 Å². The molecule has 0 amide bonds. The molecule has 0 unspecified atom stereocenters. The number of alkyl halides is 2. The zero-order chi connectivity index (χ0) is 8.77. The summed E-state index contributed by atoms with van der Waals surface area (Å²) in [6.07, 6.45) is 0.0488. The molecule has 2 aliphatic heterocycles. The number of rotatable bonds is 1. The number of hydrogen-bond acceptors (Lipinski definition) is 2. The molecule has 12 heavy (non-hydrogen) atoms. The topological polar surface area (TPSA) is 6.48 Å². The molecule has 0 aliphatic carbocycles. The lowest BCUT2D eigenvalue weighted by Crippen LogP contribution is -2.57. The fourth-order valence-electron chi connectivity index (χ4n) is 1.97. The van der Waals surface area contributed by atoms with Gasteiger partial charge in [-0.3, -0.25) is 4.90 Å². The largest absolute Gasteiger partial charge is 0.303 e. The zero-order valence-corrected chi connectivity index (χ0v) is 7.26. The third-order valence-corrected chi connectivity index (χ3v) is 2.76. The maximum absolute atomic E-state index is 12.8. The second kappa shape index (κ2) is 2.64. The van der Waals surface area contributed by atoms with Gasteiger partial charge in [-0.15, -0.1) is 0 Å². The first-order chi connectivity index (χ1) is 5.57. The Labute approximate surface area is 71.1 Å². The predicted molar refractivity (Wildman–Crippen MR) is 42.4 cm³/mol. The Morgan fingerprint density at radius 3 is 2.42 bits per heavy atom. The maximum atomic E-state index is 12.8. The quantitative estimate of drug-likeness (QED) is 0.578. The van der Waals surface area contributed by atoms with Crippen LogP contribution in [0, 0.1) is 0 Å². The van der Waals surface area contributed by atoms with Crippen LogP contribution in [-0.2, 0) is 0 Å². The molecule has 2 rings (SSSR count). The molecule has 0 radical (unpaired) electrons. The van der Waals surface area contributed by atoms with Crippen molar-refractivity contribution >= 4 is 0 Å². The molecule has 0 aromatic rings. The van der Waals surface area contributed by atoms with Crippen LogP contribution in [0.25, 0.3) is 0 Å². The van der Waals surface area contributed by atoms with Crippen LogP contribution in [0.15, 0.2) is 0 Å². The highest BCUT2D eigenvalue weighted by Crippen LogP contribution is 2.29. The van der Waals surface area contributed by atoms with Gasteiger partial charge in [-0.2, -0.15) is 0 Å². The van der Waals surface area contributed by atoms with E-state index in [9.17, 15) is 8.78 Å². The second-order valence-electron chi connectivity index (χ2n) is 3.95. The first kappa shape index (κ1) is 8.38. The van der Waals surface area contributed by atoms with Crippen LogP contribution in [0.3, 0.4) is 0 Å². The van der Waals surface area contributed by atoms with E-state index in [0.717, 1.165) is 13.1 Å². The van der Waals surface area contributed by atoms with Gasteiger partial charge >= 0.3 is 0 Å². The van der Waals surface area contributed by atoms with E-state index in [-0.39, 0.29) is 13.0 Å². The van der Waals surface area contributed by atoms with Crippen molar-refractivity contribution in [3.05, 3.63) is 0 Å². The minimum Gasteiger partial charge on any atom is -0.303 e. The fraction of sp³-hybridized carbons (Fsp3) is 1.00. The summed E-state index contributed by atoms with van der Waals surface area (Å²) in [5.74, 6) is -2.42. The summed E-state index contributed by atoms with van der Waals surface area (Å²) in [5, 5.41) is 0. The molecule has 0 spiro atoms. The highest BCUT2D eigenvalue weighted by Gasteiger charge is 2.43. The summed E-state index contributed by atoms with van der Waals surface area (Å²) >= 11 is 0. The van der Waals surface area contributed by atoms with Gasteiger partial charge in [0.2, 0.25) is 0 Å². The van der Waals surface area contributed by atoms with Crippen molar-refractivity contribution in [1.82, 2.24) is 9.80 Å². The van der Waals surface area contributed by atoms with E-state index >= 15 is 0 Å². The summed E-state index contributed by atoms with van der Waals surface area (Å²) < 4.78 is 25.5. The summed E-state index contributed by atoms with van der Waals surface area (Å²) in [6, 6.07) is 0.392. The molecular weight excluding hydrogens is 162 g/mol. The lowest BCUT2D eigenvalue weighted by molar-refractivity contribution is -0.00732. The molecule has 0 N–H and O–H groups in total. The summed E-state index contributed by atoms with van der Waals surface area (Å²) in [7, 11) is 2.02. The average molecular weight is 176 g/mol. The second-order valence-corrected chi connectivity index (χ2v) is 3.95. The van der Waals surface area contributed by atoms with Gasteiger partial charge in [0, 0.05) is 32.1 Å². The van der Waals surface area contributed by atoms with E-state index in [1.807, 2.05) is 11.9 Å². The lowest BCUT2D eigenvalue weighted by Gasteiger charge is -2.41. The van der Waals surface area contributed by atoms with Gasteiger partial charge in [0.25, 0.3) is 5.92 Å². The molecule has 2 nitrogen and oxygen atoms in total. The van der Waals surface area contributed by atoms with E-state index in [1.54, 1.807) is 0 Å². The molecule has 0 atom stereocenters. The summed E-state index contributed by atoms with van der Waals surface area (Å²) in [5.41, 5.74) is 0. The van der Waals surface area contributed by atoms with Crippen molar-refractivity contribution in [3.8, 4) is 0 Å². The van der Waals surface area contributed by atoms with Crippen LogP contribution in [0.1, 0.15) is 6.42 Å². The average Bonchev–Trinajstić information content (AvgIpc) is 2.23. The van der Waals surface area contributed by atoms with Crippen LogP contribution in [0.5, 0.6) is 0 Å². The van der Waals surface area contributed by atoms with E-state index in [0.29, 0.717) is 12.6 Å². The molecule has 2 saturated heterocycles. The highest BCUT2D eigenvalue weighted by molar-refractivity contribution is 4.92. The lowest BCUT2D eigenvalue weighted by atomic mass is 10.1. The monoisotopic (exact) mass is 176 g/mol. The number of likely N-dealkylation sites (tertiary alicyclic amines) is 2. The van der Waals surface area contributed by atoms with Gasteiger partial charge in [-0.05, 0) is 7.05 Å². The zero-order valence-electron chi connectivity index (χ0n) is 7.26.